The van der Waals surface area contributed by atoms with Gasteiger partial charge in [0.25, 0.3) is 0 Å². The van der Waals surface area contributed by atoms with E-state index in [4.69, 9.17) is 5.21 Å². The molecule has 0 spiro atoms. The smallest absolute Gasteiger partial charge is 0.215 e. The number of hydrogen-bond acceptors (Lipinski definition) is 7. The summed E-state index contributed by atoms with van der Waals surface area (Å²) in [7, 11) is 0. The lowest BCUT2D eigenvalue weighted by Gasteiger charge is -2.08. The molecular formula is C14H22N6OS3. The molecule has 2 heterocycles. The molecule has 0 amide bonds. The molecular weight excluding hydrogens is 364 g/mol. The summed E-state index contributed by atoms with van der Waals surface area (Å²) < 4.78 is 0. The number of nitrogens with one attached hydrogen (secondary N) is 3. The van der Waals surface area contributed by atoms with Gasteiger partial charge in [0.1, 0.15) is 5.01 Å². The molecule has 0 aliphatic rings. The van der Waals surface area contributed by atoms with E-state index < -0.39 is 0 Å². The van der Waals surface area contributed by atoms with Crippen LogP contribution >= 0.6 is 34.9 Å². The number of aliphatic imine (C=N–C) groups is 1. The normalized spacial score (nSPS) is 11.7. The Morgan fingerprint density at radius 2 is 2.21 bits per heavy atom. The molecule has 2 rings (SSSR count). The van der Waals surface area contributed by atoms with Crippen molar-refractivity contribution in [1.82, 2.24) is 25.7 Å². The fourth-order valence-corrected chi connectivity index (χ4v) is 4.19. The Bertz CT molecular complexity index is 601. The number of aromatic amines is 1. The summed E-state index contributed by atoms with van der Waals surface area (Å²) in [4.78, 5) is 15.9. The number of imidazole rings is 1. The number of H-pyrrole nitrogens is 1. The van der Waals surface area contributed by atoms with Gasteiger partial charge < -0.3 is 10.3 Å². The van der Waals surface area contributed by atoms with Crippen molar-refractivity contribution in [3.63, 3.8) is 0 Å². The molecule has 132 valence electrons. The first-order chi connectivity index (χ1) is 11.8. The fourth-order valence-electron chi connectivity index (χ4n) is 1.78. The number of rotatable bonds is 10. The number of hydroxylamine groups is 1. The molecule has 0 fully saturated rings. The van der Waals surface area contributed by atoms with Crippen molar-refractivity contribution in [2.24, 2.45) is 4.99 Å². The van der Waals surface area contributed by atoms with Gasteiger partial charge in [-0.2, -0.15) is 23.5 Å². The number of nitrogens with zero attached hydrogens (tertiary/aromatic N) is 3. The van der Waals surface area contributed by atoms with E-state index in [1.165, 1.54) is 0 Å². The second-order valence-corrected chi connectivity index (χ2v) is 7.96. The van der Waals surface area contributed by atoms with Gasteiger partial charge in [-0.25, -0.2) is 15.4 Å². The zero-order valence-electron chi connectivity index (χ0n) is 13.5. The maximum atomic E-state index is 9.10. The molecule has 0 aromatic carbocycles. The third kappa shape index (κ3) is 7.12. The highest BCUT2D eigenvalue weighted by molar-refractivity contribution is 7.98. The summed E-state index contributed by atoms with van der Waals surface area (Å²) >= 11 is 5.24. The topological polar surface area (TPSA) is 98.2 Å². The molecule has 7 nitrogen and oxygen atoms in total. The van der Waals surface area contributed by atoms with Gasteiger partial charge in [0.2, 0.25) is 5.96 Å². The summed E-state index contributed by atoms with van der Waals surface area (Å²) in [6.07, 6.45) is 3.54. The Balaban J connectivity index is 1.53. The van der Waals surface area contributed by atoms with Crippen LogP contribution in [-0.4, -0.2) is 50.7 Å². The molecule has 24 heavy (non-hydrogen) atoms. The van der Waals surface area contributed by atoms with Crippen molar-refractivity contribution in [2.75, 3.05) is 24.6 Å². The summed E-state index contributed by atoms with van der Waals surface area (Å²) in [6.45, 7) is 3.40. The summed E-state index contributed by atoms with van der Waals surface area (Å²) in [5.41, 5.74) is 4.32. The Labute approximate surface area is 154 Å². The summed E-state index contributed by atoms with van der Waals surface area (Å²) in [5, 5.41) is 15.3. The SMILES string of the molecule is Cc1[nH]cnc1CSCCNC(=NCCSCc1nccs1)NO. The molecule has 0 aliphatic carbocycles. The molecule has 0 radical (unpaired) electrons. The van der Waals surface area contributed by atoms with E-state index in [9.17, 15) is 0 Å². The van der Waals surface area contributed by atoms with Gasteiger partial charge in [0.05, 0.1) is 18.6 Å². The van der Waals surface area contributed by atoms with Crippen LogP contribution in [0.5, 0.6) is 0 Å². The van der Waals surface area contributed by atoms with Crippen molar-refractivity contribution in [2.45, 2.75) is 18.4 Å². The van der Waals surface area contributed by atoms with Gasteiger partial charge in [0.15, 0.2) is 0 Å². The van der Waals surface area contributed by atoms with Gasteiger partial charge in [-0.1, -0.05) is 0 Å². The van der Waals surface area contributed by atoms with Crippen molar-refractivity contribution < 1.29 is 5.21 Å². The number of aryl methyl sites for hydroxylation is 1. The maximum absolute atomic E-state index is 9.10. The Kier molecular flexibility index (Phi) is 9.03. The van der Waals surface area contributed by atoms with Crippen molar-refractivity contribution >= 4 is 40.8 Å². The van der Waals surface area contributed by atoms with E-state index in [1.807, 2.05) is 18.5 Å². The van der Waals surface area contributed by atoms with E-state index in [2.05, 4.69) is 30.7 Å². The molecule has 0 unspecified atom stereocenters. The highest BCUT2D eigenvalue weighted by Crippen LogP contribution is 2.14. The van der Waals surface area contributed by atoms with E-state index in [0.29, 0.717) is 12.5 Å². The fraction of sp³-hybridized carbons (Fsp3) is 0.500. The zero-order valence-corrected chi connectivity index (χ0v) is 15.9. The van der Waals surface area contributed by atoms with E-state index in [0.717, 1.165) is 46.0 Å². The van der Waals surface area contributed by atoms with E-state index in [1.54, 1.807) is 41.2 Å². The second kappa shape index (κ2) is 11.3. The van der Waals surface area contributed by atoms with Crippen LogP contribution < -0.4 is 10.8 Å². The molecule has 10 heteroatoms. The lowest BCUT2D eigenvalue weighted by Crippen LogP contribution is -2.36. The lowest BCUT2D eigenvalue weighted by molar-refractivity contribution is 0.229. The van der Waals surface area contributed by atoms with Crippen LogP contribution in [0.1, 0.15) is 16.4 Å². The van der Waals surface area contributed by atoms with E-state index in [-0.39, 0.29) is 0 Å². The first-order valence-corrected chi connectivity index (χ1v) is 10.7. The van der Waals surface area contributed by atoms with Crippen LogP contribution in [0.2, 0.25) is 0 Å². The van der Waals surface area contributed by atoms with Crippen LogP contribution in [0, 0.1) is 6.92 Å². The second-order valence-electron chi connectivity index (χ2n) is 4.77. The van der Waals surface area contributed by atoms with Gasteiger partial charge in [0, 0.05) is 46.8 Å². The summed E-state index contributed by atoms with van der Waals surface area (Å²) in [6, 6.07) is 0. The quantitative estimate of drug-likeness (QED) is 0.215. The number of aromatic nitrogens is 3. The van der Waals surface area contributed by atoms with Gasteiger partial charge in [-0.3, -0.25) is 10.2 Å². The molecule has 0 bridgehead atoms. The Morgan fingerprint density at radius 1 is 1.33 bits per heavy atom. The van der Waals surface area contributed by atoms with Gasteiger partial charge in [-0.15, -0.1) is 11.3 Å². The minimum absolute atomic E-state index is 0.418. The monoisotopic (exact) mass is 386 g/mol. The van der Waals surface area contributed by atoms with Crippen molar-refractivity contribution in [1.29, 1.82) is 0 Å². The first-order valence-electron chi connectivity index (χ1n) is 7.50. The number of hydrogen-bond donors (Lipinski definition) is 4. The van der Waals surface area contributed by atoms with Crippen LogP contribution in [0.15, 0.2) is 22.9 Å². The highest BCUT2D eigenvalue weighted by Gasteiger charge is 2.01. The van der Waals surface area contributed by atoms with Crippen molar-refractivity contribution in [3.05, 3.63) is 34.3 Å². The number of guanidine groups is 1. The molecule has 0 saturated carbocycles. The Hall–Kier alpha value is -1.23. The van der Waals surface area contributed by atoms with Gasteiger partial charge >= 0.3 is 0 Å². The minimum Gasteiger partial charge on any atom is -0.354 e. The largest absolute Gasteiger partial charge is 0.354 e. The zero-order chi connectivity index (χ0) is 17.0. The van der Waals surface area contributed by atoms with Crippen LogP contribution in [0.25, 0.3) is 0 Å². The Morgan fingerprint density at radius 3 is 2.92 bits per heavy atom. The van der Waals surface area contributed by atoms with Crippen molar-refractivity contribution in [3.8, 4) is 0 Å². The predicted octanol–water partition coefficient (Wildman–Crippen LogP) is 2.27. The van der Waals surface area contributed by atoms with Crippen LogP contribution in [0.3, 0.4) is 0 Å². The average molecular weight is 387 g/mol. The van der Waals surface area contributed by atoms with Crippen LogP contribution in [0.4, 0.5) is 0 Å². The number of thiazole rings is 1. The third-order valence-corrected chi connectivity index (χ3v) is 5.91. The number of thioether (sulfide) groups is 2. The molecule has 0 saturated heterocycles. The van der Waals surface area contributed by atoms with Gasteiger partial charge in [-0.05, 0) is 6.92 Å². The predicted molar refractivity (Wildman–Crippen MR) is 103 cm³/mol. The first kappa shape index (κ1) is 19.1. The molecule has 2 aromatic rings. The molecule has 4 N–H and O–H groups in total. The third-order valence-electron chi connectivity index (χ3n) is 3.03. The lowest BCUT2D eigenvalue weighted by atomic mass is 10.4. The molecule has 0 atom stereocenters. The summed E-state index contributed by atoms with van der Waals surface area (Å²) in [5.74, 6) is 4.00. The minimum atomic E-state index is 0.418. The molecule has 2 aromatic heterocycles. The average Bonchev–Trinajstić information content (AvgIpc) is 3.24. The molecule has 0 aliphatic heterocycles. The van der Waals surface area contributed by atoms with E-state index >= 15 is 0 Å². The standard InChI is InChI=1S/C14H22N6OS3/c1-11-12(19-10-18-11)8-22-5-2-16-14(20-21)17-3-6-23-9-13-15-4-7-24-13/h4,7,10,21H,2-3,5-6,8-9H2,1H3,(H,18,19)(H2,16,17,20). The highest BCUT2D eigenvalue weighted by atomic mass is 32.2. The van der Waals surface area contributed by atoms with Crippen LogP contribution in [-0.2, 0) is 11.5 Å². The maximum Gasteiger partial charge on any atom is 0.215 e.